The Hall–Kier alpha value is -1.70. The van der Waals surface area contributed by atoms with Crippen molar-refractivity contribution < 1.29 is 13.5 Å². The van der Waals surface area contributed by atoms with Crippen molar-refractivity contribution in [1.82, 2.24) is 4.98 Å². The van der Waals surface area contributed by atoms with Crippen molar-refractivity contribution in [2.24, 2.45) is 0 Å². The van der Waals surface area contributed by atoms with Crippen LogP contribution in [0.1, 0.15) is 5.69 Å². The molecule has 0 atom stereocenters. The van der Waals surface area contributed by atoms with Gasteiger partial charge in [0, 0.05) is 12.3 Å². The number of nitriles is 1. The first-order chi connectivity index (χ1) is 6.22. The average Bonchev–Trinajstić information content (AvgIpc) is 2.15. The molecule has 0 aliphatic heterocycles. The minimum atomic E-state index is -2.52. The van der Waals surface area contributed by atoms with Gasteiger partial charge in [-0.3, -0.25) is 0 Å². The Balaban J connectivity index is 2.63. The van der Waals surface area contributed by atoms with Gasteiger partial charge in [0.15, 0.2) is 0 Å². The summed E-state index contributed by atoms with van der Waals surface area (Å²) >= 11 is 0. The van der Waals surface area contributed by atoms with Crippen LogP contribution >= 0.6 is 0 Å². The van der Waals surface area contributed by atoms with E-state index in [2.05, 4.69) is 9.72 Å². The zero-order chi connectivity index (χ0) is 9.68. The molecule has 0 unspecified atom stereocenters. The second kappa shape index (κ2) is 4.36. The van der Waals surface area contributed by atoms with E-state index in [-0.39, 0.29) is 11.4 Å². The number of ether oxygens (including phenoxy) is 1. The fourth-order valence-corrected chi connectivity index (χ4v) is 0.721. The number of rotatable bonds is 3. The molecule has 1 aromatic heterocycles. The first-order valence-electron chi connectivity index (χ1n) is 3.49. The molecule has 68 valence electrons. The zero-order valence-electron chi connectivity index (χ0n) is 6.58. The van der Waals surface area contributed by atoms with E-state index >= 15 is 0 Å². The van der Waals surface area contributed by atoms with E-state index in [1.807, 2.05) is 0 Å². The Kier molecular flexibility index (Phi) is 3.15. The molecule has 5 heteroatoms. The second-order valence-corrected chi connectivity index (χ2v) is 2.19. The first kappa shape index (κ1) is 9.39. The normalized spacial score (nSPS) is 9.69. The maximum Gasteiger partial charge on any atom is 0.272 e. The van der Waals surface area contributed by atoms with Crippen LogP contribution in [0.5, 0.6) is 5.75 Å². The van der Waals surface area contributed by atoms with Crippen LogP contribution in [0.4, 0.5) is 8.78 Å². The molecule has 0 spiro atoms. The average molecular weight is 184 g/mol. The highest BCUT2D eigenvalue weighted by atomic mass is 19.3. The zero-order valence-corrected chi connectivity index (χ0v) is 6.58. The van der Waals surface area contributed by atoms with Gasteiger partial charge in [0.1, 0.15) is 24.1 Å². The summed E-state index contributed by atoms with van der Waals surface area (Å²) in [4.78, 5) is 3.66. The van der Waals surface area contributed by atoms with Crippen LogP contribution in [0.25, 0.3) is 0 Å². The van der Waals surface area contributed by atoms with Crippen LogP contribution in [0, 0.1) is 11.3 Å². The lowest BCUT2D eigenvalue weighted by Gasteiger charge is -2.03. The number of aromatic nitrogens is 1. The monoisotopic (exact) mass is 184 g/mol. The molecule has 0 saturated carbocycles. The SMILES string of the molecule is N#Cc1cc(OCC(F)F)ccn1. The maximum absolute atomic E-state index is 11.7. The standard InChI is InChI=1S/C8H6F2N2O/c9-8(10)5-13-7-1-2-12-6(3-7)4-11/h1-3,8H,5H2. The van der Waals surface area contributed by atoms with E-state index < -0.39 is 13.0 Å². The van der Waals surface area contributed by atoms with E-state index in [4.69, 9.17) is 5.26 Å². The lowest BCUT2D eigenvalue weighted by molar-refractivity contribution is 0.0818. The van der Waals surface area contributed by atoms with Crippen molar-refractivity contribution in [3.63, 3.8) is 0 Å². The molecule has 0 amide bonds. The van der Waals surface area contributed by atoms with Gasteiger partial charge in [0.05, 0.1) is 0 Å². The van der Waals surface area contributed by atoms with Crippen molar-refractivity contribution in [3.8, 4) is 11.8 Å². The van der Waals surface area contributed by atoms with Gasteiger partial charge >= 0.3 is 0 Å². The fourth-order valence-electron chi connectivity index (χ4n) is 0.721. The summed E-state index contributed by atoms with van der Waals surface area (Å²) in [6.07, 6.45) is -1.18. The van der Waals surface area contributed by atoms with Gasteiger partial charge in [0.25, 0.3) is 6.43 Å². The van der Waals surface area contributed by atoms with Gasteiger partial charge in [-0.05, 0) is 6.07 Å². The van der Waals surface area contributed by atoms with Gasteiger partial charge in [-0.1, -0.05) is 0 Å². The number of nitrogens with zero attached hydrogens (tertiary/aromatic N) is 2. The molecular formula is C8H6F2N2O. The highest BCUT2D eigenvalue weighted by molar-refractivity contribution is 5.29. The van der Waals surface area contributed by atoms with Crippen LogP contribution in [0.15, 0.2) is 18.3 Å². The topological polar surface area (TPSA) is 45.9 Å². The van der Waals surface area contributed by atoms with Gasteiger partial charge in [-0.25, -0.2) is 13.8 Å². The van der Waals surface area contributed by atoms with Crippen LogP contribution in [0.2, 0.25) is 0 Å². The largest absolute Gasteiger partial charge is 0.487 e. The fraction of sp³-hybridized carbons (Fsp3) is 0.250. The third-order valence-corrected chi connectivity index (χ3v) is 1.22. The summed E-state index contributed by atoms with van der Waals surface area (Å²) < 4.78 is 28.1. The number of alkyl halides is 2. The second-order valence-electron chi connectivity index (χ2n) is 2.19. The maximum atomic E-state index is 11.7. The van der Waals surface area contributed by atoms with Crippen LogP contribution < -0.4 is 4.74 Å². The molecule has 3 nitrogen and oxygen atoms in total. The van der Waals surface area contributed by atoms with Crippen molar-refractivity contribution in [1.29, 1.82) is 5.26 Å². The Morgan fingerprint density at radius 2 is 2.38 bits per heavy atom. The third kappa shape index (κ3) is 3.03. The molecule has 1 rings (SSSR count). The van der Waals surface area contributed by atoms with Gasteiger partial charge in [-0.2, -0.15) is 5.26 Å². The molecule has 0 fully saturated rings. The van der Waals surface area contributed by atoms with Crippen molar-refractivity contribution >= 4 is 0 Å². The van der Waals surface area contributed by atoms with Crippen LogP contribution in [-0.4, -0.2) is 18.0 Å². The molecule has 0 saturated heterocycles. The Bertz CT molecular complexity index is 322. The highest BCUT2D eigenvalue weighted by Crippen LogP contribution is 2.11. The molecule has 0 radical (unpaired) electrons. The predicted molar refractivity (Wildman–Crippen MR) is 40.5 cm³/mol. The number of hydrogen-bond donors (Lipinski definition) is 0. The van der Waals surface area contributed by atoms with Crippen LogP contribution in [-0.2, 0) is 0 Å². The molecule has 13 heavy (non-hydrogen) atoms. The number of halogens is 2. The Morgan fingerprint density at radius 1 is 1.62 bits per heavy atom. The summed E-state index contributed by atoms with van der Waals surface area (Å²) in [5.41, 5.74) is 0.145. The Morgan fingerprint density at radius 3 is 3.00 bits per heavy atom. The quantitative estimate of drug-likeness (QED) is 0.716. The van der Waals surface area contributed by atoms with E-state index in [0.717, 1.165) is 0 Å². The third-order valence-electron chi connectivity index (χ3n) is 1.22. The predicted octanol–water partition coefficient (Wildman–Crippen LogP) is 1.60. The molecule has 0 aromatic carbocycles. The van der Waals surface area contributed by atoms with E-state index in [1.165, 1.54) is 18.3 Å². The van der Waals surface area contributed by atoms with Gasteiger partial charge in [-0.15, -0.1) is 0 Å². The van der Waals surface area contributed by atoms with Gasteiger partial charge < -0.3 is 4.74 Å². The minimum absolute atomic E-state index is 0.145. The van der Waals surface area contributed by atoms with Gasteiger partial charge in [0.2, 0.25) is 0 Å². The molecule has 1 aromatic rings. The summed E-state index contributed by atoms with van der Waals surface area (Å²) in [6.45, 7) is -0.672. The van der Waals surface area contributed by atoms with E-state index in [1.54, 1.807) is 6.07 Å². The smallest absolute Gasteiger partial charge is 0.272 e. The van der Waals surface area contributed by atoms with E-state index in [0.29, 0.717) is 0 Å². The summed E-state index contributed by atoms with van der Waals surface area (Å²) in [5.74, 6) is 0.229. The summed E-state index contributed by atoms with van der Waals surface area (Å²) in [5, 5.41) is 8.42. The summed E-state index contributed by atoms with van der Waals surface area (Å²) in [6, 6.07) is 4.50. The van der Waals surface area contributed by atoms with E-state index in [9.17, 15) is 8.78 Å². The molecule has 0 N–H and O–H groups in total. The van der Waals surface area contributed by atoms with Crippen molar-refractivity contribution in [2.75, 3.05) is 6.61 Å². The Labute approximate surface area is 73.6 Å². The number of pyridine rings is 1. The van der Waals surface area contributed by atoms with Crippen molar-refractivity contribution in [3.05, 3.63) is 24.0 Å². The molecule has 1 heterocycles. The minimum Gasteiger partial charge on any atom is -0.487 e. The molecule has 0 aliphatic carbocycles. The van der Waals surface area contributed by atoms with Crippen molar-refractivity contribution in [2.45, 2.75) is 6.43 Å². The number of hydrogen-bond acceptors (Lipinski definition) is 3. The first-order valence-corrected chi connectivity index (χ1v) is 3.49. The lowest BCUT2D eigenvalue weighted by atomic mass is 10.3. The molecule has 0 bridgehead atoms. The molecular weight excluding hydrogens is 178 g/mol. The van der Waals surface area contributed by atoms with Crippen LogP contribution in [0.3, 0.4) is 0 Å². The summed E-state index contributed by atoms with van der Waals surface area (Å²) in [7, 11) is 0. The lowest BCUT2D eigenvalue weighted by Crippen LogP contribution is -2.07. The highest BCUT2D eigenvalue weighted by Gasteiger charge is 2.03. The molecule has 0 aliphatic rings.